The Morgan fingerprint density at radius 3 is 2.81 bits per heavy atom. The van der Waals surface area contributed by atoms with Crippen LogP contribution in [0, 0.1) is 0 Å². The molecule has 26 heavy (non-hydrogen) atoms. The predicted octanol–water partition coefficient (Wildman–Crippen LogP) is 1.07. The number of carbonyl (C=O) groups is 3. The molecule has 11 heteroatoms. The molecule has 2 N–H and O–H groups in total. The topological polar surface area (TPSA) is 145 Å². The second kappa shape index (κ2) is 7.38. The Balaban J connectivity index is 1.64. The summed E-state index contributed by atoms with van der Waals surface area (Å²) in [4.78, 5) is 39.3. The number of thioether (sulfide) groups is 1. The maximum absolute atomic E-state index is 12.3. The van der Waals surface area contributed by atoms with Crippen LogP contribution >= 0.6 is 11.8 Å². The average Bonchev–Trinajstić information content (AvgIpc) is 2.65. The van der Waals surface area contributed by atoms with E-state index in [0.29, 0.717) is 5.75 Å². The number of amides is 2. The number of hydrogen-bond donors (Lipinski definition) is 2. The predicted molar refractivity (Wildman–Crippen MR) is 90.8 cm³/mol. The molecule has 0 spiro atoms. The van der Waals surface area contributed by atoms with Crippen molar-refractivity contribution in [2.24, 2.45) is 5.11 Å². The van der Waals surface area contributed by atoms with Gasteiger partial charge in [0.1, 0.15) is 22.9 Å². The highest BCUT2D eigenvalue weighted by atomic mass is 32.2. The number of fused-ring (bicyclic) bond motifs is 1. The molecular weight excluding hydrogens is 362 g/mol. The zero-order valence-corrected chi connectivity index (χ0v) is 14.0. The summed E-state index contributed by atoms with van der Waals surface area (Å²) in [6, 6.07) is 7.88. The van der Waals surface area contributed by atoms with Crippen molar-refractivity contribution in [2.45, 2.75) is 11.4 Å². The number of nitrogens with zero attached hydrogens (tertiary/aromatic N) is 4. The molecule has 1 aromatic rings. The van der Waals surface area contributed by atoms with Crippen LogP contribution in [0.3, 0.4) is 0 Å². The van der Waals surface area contributed by atoms with Crippen LogP contribution in [0.5, 0.6) is 5.75 Å². The summed E-state index contributed by atoms with van der Waals surface area (Å²) >= 11 is 1.21. The molecule has 2 atom stereocenters. The summed E-state index contributed by atoms with van der Waals surface area (Å²) in [6.07, 6.45) is 0. The largest absolute Gasteiger partial charge is 0.484 e. The van der Waals surface area contributed by atoms with E-state index in [2.05, 4.69) is 15.3 Å². The van der Waals surface area contributed by atoms with Crippen molar-refractivity contribution in [1.29, 1.82) is 0 Å². The molecule has 0 unspecified atom stereocenters. The number of benzene rings is 1. The molecule has 2 aliphatic rings. The molecule has 2 amide bonds. The standard InChI is InChI=1S/C15H13N5O5S/c16-19-18-9-7-26-14-11(13(22)20(14)12(9)15(23)24)17-10(21)6-25-8-4-2-1-3-5-8/h1-5,11,14H,6-7H2,(H,17,21)(H,23,24)/t11-,14+/m1/s1. The van der Waals surface area contributed by atoms with Crippen LogP contribution in [0.25, 0.3) is 10.4 Å². The number of azide groups is 1. The van der Waals surface area contributed by atoms with Gasteiger partial charge in [-0.15, -0.1) is 11.8 Å². The van der Waals surface area contributed by atoms with Gasteiger partial charge in [0.15, 0.2) is 6.61 Å². The quantitative estimate of drug-likeness (QED) is 0.329. The van der Waals surface area contributed by atoms with Gasteiger partial charge in [0.25, 0.3) is 11.8 Å². The number of β-lactam (4-membered cyclic amide) rings is 1. The van der Waals surface area contributed by atoms with Crippen LogP contribution in [0.15, 0.2) is 46.8 Å². The lowest BCUT2D eigenvalue weighted by molar-refractivity contribution is -0.151. The van der Waals surface area contributed by atoms with Crippen molar-refractivity contribution < 1.29 is 24.2 Å². The Kier molecular flexibility index (Phi) is 5.01. The van der Waals surface area contributed by atoms with Crippen molar-refractivity contribution in [1.82, 2.24) is 10.2 Å². The van der Waals surface area contributed by atoms with E-state index in [1.54, 1.807) is 24.3 Å². The van der Waals surface area contributed by atoms with Crippen LogP contribution in [0.2, 0.25) is 0 Å². The Morgan fingerprint density at radius 2 is 2.15 bits per heavy atom. The Hall–Kier alpha value is -3.17. The van der Waals surface area contributed by atoms with Crippen LogP contribution in [-0.2, 0) is 14.4 Å². The third-order valence-corrected chi connectivity index (χ3v) is 5.01. The third-order valence-electron chi connectivity index (χ3n) is 3.75. The highest BCUT2D eigenvalue weighted by Gasteiger charge is 2.54. The number of carboxylic acids is 1. The molecule has 2 aliphatic heterocycles. The molecule has 1 fully saturated rings. The van der Waals surface area contributed by atoms with Crippen LogP contribution in [0.4, 0.5) is 0 Å². The van der Waals surface area contributed by atoms with Gasteiger partial charge >= 0.3 is 5.97 Å². The second-order valence-corrected chi connectivity index (χ2v) is 6.45. The third kappa shape index (κ3) is 3.30. The number of hydrogen-bond acceptors (Lipinski definition) is 6. The van der Waals surface area contributed by atoms with Crippen LogP contribution < -0.4 is 10.1 Å². The van der Waals surface area contributed by atoms with E-state index in [1.807, 2.05) is 6.07 Å². The Morgan fingerprint density at radius 1 is 1.42 bits per heavy atom. The summed E-state index contributed by atoms with van der Waals surface area (Å²) in [5.74, 6) is -1.77. The number of rotatable bonds is 6. The molecule has 0 saturated carbocycles. The van der Waals surface area contributed by atoms with Crippen LogP contribution in [0.1, 0.15) is 0 Å². The summed E-state index contributed by atoms with van der Waals surface area (Å²) < 4.78 is 5.31. The Labute approximate surface area is 151 Å². The van der Waals surface area contributed by atoms with Crippen molar-refractivity contribution in [3.05, 3.63) is 52.2 Å². The maximum atomic E-state index is 12.3. The lowest BCUT2D eigenvalue weighted by Crippen LogP contribution is -2.70. The number of carbonyl (C=O) groups excluding carboxylic acids is 2. The fourth-order valence-electron chi connectivity index (χ4n) is 2.61. The SMILES string of the molecule is [N-]=[N+]=NC1=C(C(=O)O)N2C(=O)[C@@H](NC(=O)COc3ccccc3)[C@@H]2SC1. The monoisotopic (exact) mass is 375 g/mol. The Bertz CT molecular complexity index is 836. The second-order valence-electron chi connectivity index (χ2n) is 5.35. The minimum atomic E-state index is -1.36. The number of ether oxygens (including phenoxy) is 1. The number of nitrogens with one attached hydrogen (secondary N) is 1. The highest BCUT2D eigenvalue weighted by Crippen LogP contribution is 2.40. The molecule has 0 aliphatic carbocycles. The van der Waals surface area contributed by atoms with Gasteiger partial charge in [-0.3, -0.25) is 14.5 Å². The lowest BCUT2D eigenvalue weighted by atomic mass is 10.0. The molecule has 0 bridgehead atoms. The summed E-state index contributed by atoms with van der Waals surface area (Å²) in [6.45, 7) is -0.267. The molecule has 0 aromatic heterocycles. The molecule has 10 nitrogen and oxygen atoms in total. The van der Waals surface area contributed by atoms with Crippen molar-refractivity contribution in [3.8, 4) is 5.75 Å². The van der Waals surface area contributed by atoms with Crippen molar-refractivity contribution >= 4 is 29.5 Å². The molecule has 1 saturated heterocycles. The van der Waals surface area contributed by atoms with E-state index in [4.69, 9.17) is 10.3 Å². The first-order valence-corrected chi connectivity index (χ1v) is 8.51. The first kappa shape index (κ1) is 17.6. The number of para-hydroxylation sites is 1. The maximum Gasteiger partial charge on any atom is 0.352 e. The van der Waals surface area contributed by atoms with Gasteiger partial charge < -0.3 is 15.2 Å². The van der Waals surface area contributed by atoms with Gasteiger partial charge in [-0.2, -0.15) is 0 Å². The number of carboxylic acid groups (broad SMARTS) is 1. The molecule has 134 valence electrons. The van der Waals surface area contributed by atoms with Gasteiger partial charge in [-0.25, -0.2) is 4.79 Å². The first-order valence-electron chi connectivity index (χ1n) is 7.46. The highest BCUT2D eigenvalue weighted by molar-refractivity contribution is 8.00. The fraction of sp³-hybridized carbons (Fsp3) is 0.267. The molecule has 3 rings (SSSR count). The van der Waals surface area contributed by atoms with E-state index in [9.17, 15) is 19.5 Å². The molecule has 0 radical (unpaired) electrons. The van der Waals surface area contributed by atoms with E-state index in [0.717, 1.165) is 4.90 Å². The summed E-state index contributed by atoms with van der Waals surface area (Å²) in [5.41, 5.74) is 8.16. The molecular formula is C15H13N5O5S. The minimum absolute atomic E-state index is 0.0215. The zero-order chi connectivity index (χ0) is 18.7. The van der Waals surface area contributed by atoms with Crippen LogP contribution in [-0.4, -0.2) is 51.6 Å². The van der Waals surface area contributed by atoms with Gasteiger partial charge in [-0.05, 0) is 17.7 Å². The average molecular weight is 375 g/mol. The van der Waals surface area contributed by atoms with Gasteiger partial charge in [-0.1, -0.05) is 23.3 Å². The van der Waals surface area contributed by atoms with E-state index < -0.39 is 29.2 Å². The number of aliphatic carboxylic acids is 1. The van der Waals surface area contributed by atoms with Gasteiger partial charge in [0, 0.05) is 10.7 Å². The van der Waals surface area contributed by atoms with Crippen molar-refractivity contribution in [2.75, 3.05) is 12.4 Å². The molecule has 2 heterocycles. The first-order chi connectivity index (χ1) is 12.5. The summed E-state index contributed by atoms with van der Waals surface area (Å²) in [5, 5.41) is 14.6. The van der Waals surface area contributed by atoms with E-state index >= 15 is 0 Å². The minimum Gasteiger partial charge on any atom is -0.484 e. The van der Waals surface area contributed by atoms with E-state index in [1.165, 1.54) is 11.8 Å². The van der Waals surface area contributed by atoms with E-state index in [-0.39, 0.29) is 23.8 Å². The lowest BCUT2D eigenvalue weighted by Gasteiger charge is -2.49. The smallest absolute Gasteiger partial charge is 0.352 e. The molecule has 1 aromatic carbocycles. The van der Waals surface area contributed by atoms with Gasteiger partial charge in [0.05, 0.1) is 5.70 Å². The zero-order valence-electron chi connectivity index (χ0n) is 13.2. The van der Waals surface area contributed by atoms with Gasteiger partial charge in [0.2, 0.25) is 0 Å². The summed E-state index contributed by atoms with van der Waals surface area (Å²) in [7, 11) is 0. The van der Waals surface area contributed by atoms with Crippen molar-refractivity contribution in [3.63, 3.8) is 0 Å². The fourth-order valence-corrected chi connectivity index (χ4v) is 3.87. The normalized spacial score (nSPS) is 21.2.